The number of anilines is 1. The van der Waals surface area contributed by atoms with Gasteiger partial charge in [0.15, 0.2) is 0 Å². The Kier molecular flexibility index (Phi) is 14.2. The van der Waals surface area contributed by atoms with Gasteiger partial charge in [-0.05, 0) is 66.3 Å². The van der Waals surface area contributed by atoms with Crippen LogP contribution in [0.2, 0.25) is 10.0 Å². The molecule has 1 heterocycles. The van der Waals surface area contributed by atoms with E-state index in [2.05, 4.69) is 22.0 Å². The fourth-order valence-electron chi connectivity index (χ4n) is 7.04. The average molecular weight is 852 g/mol. The van der Waals surface area contributed by atoms with Gasteiger partial charge in [-0.1, -0.05) is 92.5 Å². The van der Waals surface area contributed by atoms with E-state index in [1.165, 1.54) is 62.6 Å². The molecule has 16 heteroatoms. The predicted molar refractivity (Wildman–Crippen MR) is 215 cm³/mol. The van der Waals surface area contributed by atoms with Gasteiger partial charge in [0.2, 0.25) is 12.7 Å². The van der Waals surface area contributed by atoms with Gasteiger partial charge < -0.3 is 34.9 Å². The van der Waals surface area contributed by atoms with Crippen LogP contribution in [0.5, 0.6) is 5.75 Å². The highest BCUT2D eigenvalue weighted by molar-refractivity contribution is 6.31. The maximum atomic E-state index is 16.1. The number of carbonyl (C=O) groups is 4. The van der Waals surface area contributed by atoms with Crippen molar-refractivity contribution in [2.45, 2.75) is 70.2 Å². The summed E-state index contributed by atoms with van der Waals surface area (Å²) in [6.07, 6.45) is -0.783. The van der Waals surface area contributed by atoms with Gasteiger partial charge in [0.25, 0.3) is 0 Å². The first-order valence-electron chi connectivity index (χ1n) is 18.4. The van der Waals surface area contributed by atoms with Crippen LogP contribution in [-0.2, 0) is 35.8 Å². The molecule has 0 bridgehead atoms. The number of hydrogen-bond donors (Lipinski definition) is 3. The van der Waals surface area contributed by atoms with Crippen molar-refractivity contribution in [3.63, 3.8) is 0 Å². The molecule has 310 valence electrons. The lowest BCUT2D eigenvalue weighted by Crippen LogP contribution is -2.45. The Morgan fingerprint density at radius 1 is 0.949 bits per heavy atom. The number of hydrogen-bond acceptors (Lipinski definition) is 10. The maximum Gasteiger partial charge on any atom is 0.410 e. The molecule has 0 aromatic heterocycles. The lowest BCUT2D eigenvalue weighted by Gasteiger charge is -2.37. The fraction of sp³-hybridized carbons (Fsp3) is 0.326. The van der Waals surface area contributed by atoms with E-state index in [9.17, 15) is 24.4 Å². The Hall–Kier alpha value is -5.75. The molecule has 2 amide bonds. The molecule has 0 saturated carbocycles. The van der Waals surface area contributed by atoms with E-state index in [-0.39, 0.29) is 51.2 Å². The summed E-state index contributed by atoms with van der Waals surface area (Å²) in [4.78, 5) is 51.8. The molecule has 0 radical (unpaired) electrons. The van der Waals surface area contributed by atoms with Crippen molar-refractivity contribution >= 4 is 52.8 Å². The van der Waals surface area contributed by atoms with Crippen molar-refractivity contribution < 1.29 is 46.9 Å². The lowest BCUT2D eigenvalue weighted by atomic mass is 9.62. The number of amides is 2. The molecule has 0 unspecified atom stereocenters. The highest BCUT2D eigenvalue weighted by Gasteiger charge is 2.61. The van der Waals surface area contributed by atoms with E-state index in [0.717, 1.165) is 11.6 Å². The Morgan fingerprint density at radius 2 is 1.68 bits per heavy atom. The molecule has 0 spiro atoms. The van der Waals surface area contributed by atoms with Crippen LogP contribution in [0, 0.1) is 28.4 Å². The molecule has 1 saturated heterocycles. The van der Waals surface area contributed by atoms with E-state index in [1.54, 1.807) is 24.3 Å². The molecule has 4 aromatic rings. The molecule has 1 fully saturated rings. The quantitative estimate of drug-likeness (QED) is 0.0882. The second kappa shape index (κ2) is 18.9. The molecule has 3 N–H and O–H groups in total. The average Bonchev–Trinajstić information content (AvgIpc) is 3.51. The summed E-state index contributed by atoms with van der Waals surface area (Å²) in [7, 11) is 1.29. The third-order valence-electron chi connectivity index (χ3n) is 9.72. The molecule has 1 aliphatic heterocycles. The van der Waals surface area contributed by atoms with Gasteiger partial charge in [0.05, 0.1) is 35.5 Å². The topological polar surface area (TPSA) is 165 Å². The summed E-state index contributed by atoms with van der Waals surface area (Å²) in [5.74, 6) is -5.35. The number of nitrogens with one attached hydrogen (secondary N) is 3. The zero-order valence-electron chi connectivity index (χ0n) is 32.7. The van der Waals surface area contributed by atoms with Crippen LogP contribution in [0.25, 0.3) is 0 Å². The number of esters is 2. The van der Waals surface area contributed by atoms with Gasteiger partial charge in [0, 0.05) is 22.5 Å². The van der Waals surface area contributed by atoms with Crippen LogP contribution in [0.3, 0.4) is 0 Å². The third kappa shape index (κ3) is 10.3. The minimum Gasteiger partial charge on any atom is -0.495 e. The Labute approximate surface area is 350 Å². The molecule has 12 nitrogen and oxygen atoms in total. The number of methoxy groups -OCH3 is 1. The van der Waals surface area contributed by atoms with E-state index in [0.29, 0.717) is 0 Å². The van der Waals surface area contributed by atoms with Gasteiger partial charge in [-0.25, -0.2) is 23.2 Å². The zero-order valence-corrected chi connectivity index (χ0v) is 34.3. The van der Waals surface area contributed by atoms with E-state index < -0.39 is 77.2 Å². The van der Waals surface area contributed by atoms with Crippen molar-refractivity contribution in [3.05, 3.63) is 129 Å². The van der Waals surface area contributed by atoms with Crippen LogP contribution >= 0.6 is 23.2 Å². The molecular formula is C43H42Cl2F2N4O8. The van der Waals surface area contributed by atoms with Crippen molar-refractivity contribution in [1.29, 1.82) is 5.26 Å². The van der Waals surface area contributed by atoms with Gasteiger partial charge in [0.1, 0.15) is 35.4 Å². The smallest absolute Gasteiger partial charge is 0.410 e. The van der Waals surface area contributed by atoms with Crippen molar-refractivity contribution in [2.24, 2.45) is 5.41 Å². The molecule has 4 aromatic carbocycles. The molecule has 1 aliphatic rings. The van der Waals surface area contributed by atoms with Crippen LogP contribution < -0.4 is 20.7 Å². The second-order valence-corrected chi connectivity index (χ2v) is 15.9. The van der Waals surface area contributed by atoms with E-state index in [1.807, 2.05) is 26.8 Å². The standard InChI is InChI=1S/C43H42Cl2F2N4O8/c1-24(39(53)57-21-25-10-7-6-8-11-25)49-41(55)59-23-58-40(54)26-14-17-32(33(18-26)56-5)50-38(52)37-35(28-12-9-13-30(45)36(28)47)43(22-48,34(51-37)20-42(2,3)4)29-16-15-27(44)19-31(29)46/h6-19,24,34-35,37,51H,20-21,23H2,1-5H3,(H,49,55)(H,50,52)/t24-,34-,35-,37+,43-/m0/s1. The van der Waals surface area contributed by atoms with Gasteiger partial charge in [-0.2, -0.15) is 5.26 Å². The Bertz CT molecular complexity index is 2250. The monoisotopic (exact) mass is 850 g/mol. The second-order valence-electron chi connectivity index (χ2n) is 15.0. The van der Waals surface area contributed by atoms with Crippen molar-refractivity contribution in [1.82, 2.24) is 10.6 Å². The minimum atomic E-state index is -1.85. The number of nitriles is 1. The Balaban J connectivity index is 1.33. The summed E-state index contributed by atoms with van der Waals surface area (Å²) < 4.78 is 52.7. The number of ether oxygens (including phenoxy) is 4. The van der Waals surface area contributed by atoms with Crippen molar-refractivity contribution in [3.8, 4) is 11.8 Å². The number of nitrogens with zero attached hydrogens (tertiary/aromatic N) is 1. The summed E-state index contributed by atoms with van der Waals surface area (Å²) in [6, 6.07) is 20.0. The fourth-order valence-corrected chi connectivity index (χ4v) is 7.38. The van der Waals surface area contributed by atoms with Crippen LogP contribution in [-0.4, -0.2) is 56.0 Å². The normalized spacial score (nSPS) is 19.2. The molecule has 5 atom stereocenters. The minimum absolute atomic E-state index is 0.0105. The molecule has 0 aliphatic carbocycles. The maximum absolute atomic E-state index is 16.1. The summed E-state index contributed by atoms with van der Waals surface area (Å²) >= 11 is 12.4. The number of carbonyl (C=O) groups excluding carboxylic acids is 4. The highest BCUT2D eigenvalue weighted by Crippen LogP contribution is 2.53. The molecule has 59 heavy (non-hydrogen) atoms. The number of benzene rings is 4. The molecule has 5 rings (SSSR count). The van der Waals surface area contributed by atoms with Crippen LogP contribution in [0.15, 0.2) is 84.9 Å². The van der Waals surface area contributed by atoms with E-state index >= 15 is 8.78 Å². The largest absolute Gasteiger partial charge is 0.495 e. The highest BCUT2D eigenvalue weighted by atomic mass is 35.5. The first-order chi connectivity index (χ1) is 28.0. The lowest BCUT2D eigenvalue weighted by molar-refractivity contribution is -0.147. The first kappa shape index (κ1) is 44.4. The van der Waals surface area contributed by atoms with Crippen LogP contribution in [0.4, 0.5) is 19.3 Å². The Morgan fingerprint density at radius 3 is 2.34 bits per heavy atom. The van der Waals surface area contributed by atoms with Gasteiger partial charge >= 0.3 is 18.0 Å². The predicted octanol–water partition coefficient (Wildman–Crippen LogP) is 8.21. The molecular weight excluding hydrogens is 809 g/mol. The van der Waals surface area contributed by atoms with Gasteiger partial charge in [-0.3, -0.25) is 4.79 Å². The van der Waals surface area contributed by atoms with Crippen LogP contribution in [0.1, 0.15) is 67.1 Å². The summed E-state index contributed by atoms with van der Waals surface area (Å²) in [5, 5.41) is 19.2. The van der Waals surface area contributed by atoms with Crippen molar-refractivity contribution in [2.75, 3.05) is 19.2 Å². The SMILES string of the molecule is COc1cc(C(=O)OCOC(=O)N[C@@H](C)C(=O)OCc2ccccc2)ccc1NC(=O)[C@@H]1N[C@@H](CC(C)(C)C)[C@](C#N)(c2ccc(Cl)cc2F)[C@H]1c1cccc(Cl)c1F. The number of rotatable bonds is 13. The summed E-state index contributed by atoms with van der Waals surface area (Å²) in [5.41, 5.74) is -1.67. The third-order valence-corrected chi connectivity index (χ3v) is 10.2. The zero-order chi connectivity index (χ0) is 43.1. The number of alkyl carbamates (subject to hydrolysis) is 1. The number of halogens is 4. The summed E-state index contributed by atoms with van der Waals surface area (Å²) in [6.45, 7) is 6.36. The van der Waals surface area contributed by atoms with Gasteiger partial charge in [-0.15, -0.1) is 0 Å². The van der Waals surface area contributed by atoms with E-state index in [4.69, 9.17) is 42.1 Å². The first-order valence-corrected chi connectivity index (χ1v) is 19.1.